The van der Waals surface area contributed by atoms with Crippen LogP contribution in [0.3, 0.4) is 0 Å². The Bertz CT molecular complexity index is 7250. The molecule has 0 bridgehead atoms. The minimum atomic E-state index is -3.15. The molecule has 24 N–H and O–H groups in total. The predicted octanol–water partition coefficient (Wildman–Crippen LogP) is 17.7. The van der Waals surface area contributed by atoms with Crippen molar-refractivity contribution in [3.05, 3.63) is 230 Å². The van der Waals surface area contributed by atoms with Crippen LogP contribution in [0, 0.1) is 47.2 Å². The number of nitrogen functional groups attached to an aromatic ring is 8. The number of carboxylic acids is 8. The molecule has 0 saturated heterocycles. The number of benzene rings is 8. The number of Topliss-reactive ketones (excluding diaryl/α,β-unsaturated/α-hetero) is 8. The molecule has 128 heavy (non-hydrogen) atoms. The first-order valence-electron chi connectivity index (χ1n) is 50.5. The van der Waals surface area contributed by atoms with Crippen molar-refractivity contribution in [3.63, 3.8) is 0 Å². The van der Waals surface area contributed by atoms with Crippen LogP contribution in [0.1, 0.15) is 233 Å². The van der Waals surface area contributed by atoms with Crippen molar-refractivity contribution < 1.29 is 161 Å². The van der Waals surface area contributed by atoms with E-state index < -0.39 is 298 Å². The van der Waals surface area contributed by atoms with Crippen LogP contribution < -0.4 is 45.9 Å². The lowest BCUT2D eigenvalue weighted by Gasteiger charge is -2.07. The van der Waals surface area contributed by atoms with Gasteiger partial charge in [-0.2, -0.15) is 0 Å². The fourth-order valence-electron chi connectivity index (χ4n) is 7.85. The number of halogens is 8. The van der Waals surface area contributed by atoms with E-state index in [9.17, 15) is 76.7 Å². The first-order valence-corrected chi connectivity index (χ1v) is 37.4. The van der Waals surface area contributed by atoms with Crippen LogP contribution in [-0.4, -0.2) is 135 Å². The van der Waals surface area contributed by atoms with Crippen molar-refractivity contribution in [2.45, 2.75) is 107 Å². The van der Waals surface area contributed by atoms with Crippen LogP contribution in [0.15, 0.2) is 145 Å². The fraction of sp³-hybridized carbons (Fsp3) is 0.273. The highest BCUT2D eigenvalue weighted by Crippen LogP contribution is 2.29. The summed E-state index contributed by atoms with van der Waals surface area (Å²) >= 11 is 45.1. The summed E-state index contributed by atoms with van der Waals surface area (Å²) in [5, 5.41) is 69.2. The van der Waals surface area contributed by atoms with E-state index in [2.05, 4.69) is 0 Å². The van der Waals surface area contributed by atoms with Crippen molar-refractivity contribution in [1.29, 1.82) is 0 Å². The maximum Gasteiger partial charge on any atom is 0.306 e. The lowest BCUT2D eigenvalue weighted by atomic mass is 9.99. The molecule has 0 aliphatic heterocycles. The van der Waals surface area contributed by atoms with Gasteiger partial charge in [0.05, 0.1) is 69.1 Å². The molecule has 0 radical (unpaired) electrons. The van der Waals surface area contributed by atoms with Gasteiger partial charge in [0.2, 0.25) is 0 Å². The van der Waals surface area contributed by atoms with Gasteiger partial charge in [0.15, 0.2) is 46.3 Å². The topological polar surface area (TPSA) is 643 Å². The minimum absolute atomic E-state index is 0.0640. The zero-order valence-electron chi connectivity index (χ0n) is 99.1. The highest BCUT2D eigenvalue weighted by Gasteiger charge is 2.26. The summed E-state index contributed by atoms with van der Waals surface area (Å²) in [5.74, 6) is -39.3. The third kappa shape index (κ3) is 40.9. The van der Waals surface area contributed by atoms with Gasteiger partial charge in [-0.1, -0.05) is 148 Å². The molecule has 10 unspecified atom stereocenters. The van der Waals surface area contributed by atoms with Crippen LogP contribution in [0.25, 0.3) is 0 Å². The van der Waals surface area contributed by atoms with E-state index in [-0.39, 0.29) is 121 Å². The molecule has 8 aromatic carbocycles. The Morgan fingerprint density at radius 1 is 0.258 bits per heavy atom. The Morgan fingerprint density at radius 3 is 0.773 bits per heavy atom. The zero-order chi connectivity index (χ0) is 127. The van der Waals surface area contributed by atoms with E-state index >= 15 is 0 Å². The summed E-state index contributed by atoms with van der Waals surface area (Å²) in [7, 11) is 0. The van der Waals surface area contributed by atoms with Crippen molar-refractivity contribution in [2.24, 2.45) is 47.2 Å². The molecule has 688 valence electrons. The second kappa shape index (κ2) is 55.3. The quantitative estimate of drug-likeness (QED) is 0.0137. The van der Waals surface area contributed by atoms with E-state index in [1.54, 1.807) is 0 Å². The zero-order valence-corrected chi connectivity index (χ0v) is 73.1. The number of carbonyl (C=O) groups excluding carboxylic acids is 8. The van der Waals surface area contributed by atoms with Gasteiger partial charge in [0.25, 0.3) is 0 Å². The van der Waals surface area contributed by atoms with Crippen molar-refractivity contribution in [1.82, 2.24) is 0 Å². The Kier molecular flexibility index (Phi) is 30.1. The number of carboxylic acid groups (broad SMARTS) is 8. The average Bonchev–Trinajstić information content (AvgIpc) is 0.768. The van der Waals surface area contributed by atoms with Gasteiger partial charge >= 0.3 is 47.8 Å². The summed E-state index contributed by atoms with van der Waals surface area (Å²) in [6, 6.07) is 1.04. The van der Waals surface area contributed by atoms with Crippen LogP contribution >= 0.6 is 92.8 Å². The van der Waals surface area contributed by atoms with Crippen LogP contribution in [0.2, 0.25) is 40.2 Å². The third-order valence-electron chi connectivity index (χ3n) is 14.7. The number of ketones is 8. The average molecular weight is 1970 g/mol. The molecule has 0 aliphatic rings. The highest BCUT2D eigenvalue weighted by molar-refractivity contribution is 6.34. The van der Waals surface area contributed by atoms with Crippen LogP contribution in [0.4, 0.5) is 45.5 Å². The molecule has 0 fully saturated rings. The van der Waals surface area contributed by atoms with Gasteiger partial charge in [0.1, 0.15) is 0 Å². The Balaban J connectivity index is 0.000000914. The summed E-state index contributed by atoms with van der Waals surface area (Å²) < 4.78 is 242. The second-order valence-corrected chi connectivity index (χ2v) is 27.8. The van der Waals surface area contributed by atoms with Crippen LogP contribution in [0.5, 0.6) is 0 Å². The first-order chi connectivity index (χ1) is 71.9. The minimum Gasteiger partial charge on any atom is -0.481 e. The van der Waals surface area contributed by atoms with E-state index in [4.69, 9.17) is 223 Å². The number of nitrogens with two attached hydrogens (primary N) is 8. The smallest absolute Gasteiger partial charge is 0.306 e. The summed E-state index contributed by atoms with van der Waals surface area (Å²) in [4.78, 5) is 184. The molecule has 0 spiro atoms. The molecule has 0 heterocycles. The van der Waals surface area contributed by atoms with Crippen molar-refractivity contribution in [3.8, 4) is 0 Å². The molecule has 0 saturated carbocycles. The number of carbonyl (C=O) groups is 16. The number of aliphatic carboxylic acids is 8. The monoisotopic (exact) mass is 1960 g/mol. The lowest BCUT2D eigenvalue weighted by Crippen LogP contribution is -2.15. The van der Waals surface area contributed by atoms with E-state index in [1.807, 2.05) is 0 Å². The number of hydrogen-bond donors (Lipinski definition) is 16. The Labute approximate surface area is 820 Å². The highest BCUT2D eigenvalue weighted by atomic mass is 35.5. The van der Waals surface area contributed by atoms with E-state index in [0.29, 0.717) is 0 Å². The molecule has 8 rings (SSSR count). The number of hydrogen-bond acceptors (Lipinski definition) is 24. The first kappa shape index (κ1) is 69.7. The fourth-order valence-corrected chi connectivity index (χ4v) is 9.12. The van der Waals surface area contributed by atoms with Crippen molar-refractivity contribution >= 4 is 232 Å². The van der Waals surface area contributed by atoms with Crippen molar-refractivity contribution in [2.75, 3.05) is 45.9 Å². The number of rotatable bonds is 32. The number of anilines is 8. The summed E-state index contributed by atoms with van der Waals surface area (Å²) in [6.07, 6.45) is -16.9. The molecule has 40 heteroatoms. The van der Waals surface area contributed by atoms with Crippen LogP contribution in [-0.2, 0) is 38.4 Å². The van der Waals surface area contributed by atoms with Gasteiger partial charge in [-0.25, -0.2) is 0 Å². The normalized spacial score (nSPS) is 18.1. The standard InChI is InChI=1S/8C11H12ClNO3/c8*1-6(11(15)16)4-10(14)8-3-2-7(12)5-9(8)13/h8*2-3,5-6H,4,13H2,1H3,(H,15,16)/i3D,4D2,5D,6D;2D,4D2,5D,6D;2D,4D,5D,6D;2D,3D,4D,6D;2D,5D,6D;2D,4D2,5D;2D,3D,6D;2D,3D,4D2. The molecule has 10 atom stereocenters. The molecule has 0 aromatic heterocycles. The van der Waals surface area contributed by atoms with Gasteiger partial charge in [-0.05, 0) is 145 Å². The maximum atomic E-state index is 12.2. The maximum absolute atomic E-state index is 12.2. The predicted molar refractivity (Wildman–Crippen MR) is 493 cm³/mol. The van der Waals surface area contributed by atoms with Gasteiger partial charge < -0.3 is 86.7 Å². The largest absolute Gasteiger partial charge is 0.481 e. The van der Waals surface area contributed by atoms with Gasteiger partial charge in [0, 0.05) is 203 Å². The summed E-state index contributed by atoms with van der Waals surface area (Å²) in [6.45, 7) is 7.54. The third-order valence-corrected chi connectivity index (χ3v) is 16.3. The second-order valence-electron chi connectivity index (χ2n) is 24.7. The van der Waals surface area contributed by atoms with E-state index in [1.165, 1.54) is 0 Å². The van der Waals surface area contributed by atoms with E-state index in [0.717, 1.165) is 104 Å². The molecular weight excluding hydrogens is 1840 g/mol. The Morgan fingerprint density at radius 2 is 0.477 bits per heavy atom. The molecule has 8 aromatic rings. The van der Waals surface area contributed by atoms with Gasteiger partial charge in [-0.15, -0.1) is 0 Å². The molecule has 0 aliphatic carbocycles. The summed E-state index contributed by atoms with van der Waals surface area (Å²) in [5.41, 5.74) is 38.5. The van der Waals surface area contributed by atoms with Gasteiger partial charge in [-0.3, -0.25) is 76.7 Å². The molecular formula is C88H96Cl8N8O24. The molecule has 32 nitrogen and oxygen atoms in total. The Hall–Kier alpha value is -12.4. The lowest BCUT2D eigenvalue weighted by molar-refractivity contribution is -0.141. The SMILES string of the molecule is [2H]c1c(Cl)cc(N)c(C(=O)C([2H])([2H])C(C)C(=O)O)c1[2H].[2H]c1c(Cl)cc(N)c(C(=O)C([2H])C([2H])(C)C(=O)O)c1[2H].[2H]c1c(Cl)cc(N)c(C(=O)CC([2H])(C)C(=O)O)c1[2H].[2H]c1cc(C(=O)C([2H])([2H])C(C)C(=O)O)c(N)c([2H])c1Cl.[2H]c1cc(C(=O)C([2H])([2H])C([2H])(C)C(=O)O)c(N)c([2H])c1Cl.[2H]c1cc(C(=O)C([2H])C([2H])(C)C(=O)O)c(N)c([2H])c1Cl.[2H]c1cc(C(=O)CC([2H])(C)C(=O)O)c(N)c([2H])c1Cl.[2H]c1cc(Cl)c([2H])c(N)c1C(=O)C([2H])([2H])C([2H])(C)C(=O)O. The molecule has 0 amide bonds.